The molecule has 31 heavy (non-hydrogen) atoms. The fraction of sp³-hybridized carbons (Fsp3) is 0.962. The van der Waals surface area contributed by atoms with Gasteiger partial charge in [0.1, 0.15) is 0 Å². The summed E-state index contributed by atoms with van der Waals surface area (Å²) in [5.41, 5.74) is 0. The van der Waals surface area contributed by atoms with Crippen LogP contribution in [-0.4, -0.2) is 43.8 Å². The van der Waals surface area contributed by atoms with Crippen molar-refractivity contribution in [2.45, 2.75) is 136 Å². The van der Waals surface area contributed by atoms with Crippen molar-refractivity contribution >= 4 is 6.16 Å². The van der Waals surface area contributed by atoms with Gasteiger partial charge < -0.3 is 19.3 Å². The van der Waals surface area contributed by atoms with E-state index in [-0.39, 0.29) is 13.2 Å². The Morgan fingerprint density at radius 2 is 1.10 bits per heavy atom. The highest BCUT2D eigenvalue weighted by atomic mass is 16.7. The van der Waals surface area contributed by atoms with Crippen LogP contribution in [0.25, 0.3) is 0 Å². The zero-order valence-electron chi connectivity index (χ0n) is 20.7. The number of ether oxygens (including phenoxy) is 3. The highest BCUT2D eigenvalue weighted by molar-refractivity contribution is 5.60. The fourth-order valence-electron chi connectivity index (χ4n) is 3.56. The molecule has 0 heterocycles. The summed E-state index contributed by atoms with van der Waals surface area (Å²) in [5.74, 6) is 0. The molecule has 1 atom stereocenters. The average molecular weight is 445 g/mol. The van der Waals surface area contributed by atoms with Gasteiger partial charge in [-0.3, -0.25) is 0 Å². The molecule has 0 saturated carbocycles. The molecule has 0 aliphatic rings. The van der Waals surface area contributed by atoms with E-state index in [4.69, 9.17) is 14.2 Å². The van der Waals surface area contributed by atoms with Gasteiger partial charge >= 0.3 is 6.16 Å². The minimum absolute atomic E-state index is 0.220. The summed E-state index contributed by atoms with van der Waals surface area (Å²) in [4.78, 5) is 11.5. The standard InChI is InChI=1S/C26H52O5/c1-3-5-7-8-9-10-11-12-13-14-15-16-17-18-19-20-21-29-24-25(23-27)31-26(28)30-22-6-4-2/h25,27H,3-24H2,1-2H3. The zero-order chi connectivity index (χ0) is 22.8. The lowest BCUT2D eigenvalue weighted by Gasteiger charge is -2.15. The van der Waals surface area contributed by atoms with Gasteiger partial charge in [0.15, 0.2) is 6.10 Å². The number of rotatable bonds is 24. The predicted octanol–water partition coefficient (Wildman–Crippen LogP) is 7.58. The molecule has 0 fully saturated rings. The molecule has 1 unspecified atom stereocenters. The molecule has 0 bridgehead atoms. The normalized spacial score (nSPS) is 12.1. The fourth-order valence-corrected chi connectivity index (χ4v) is 3.56. The smallest absolute Gasteiger partial charge is 0.434 e. The number of aliphatic hydroxyl groups is 1. The Labute approximate surface area is 192 Å². The Bertz CT molecular complexity index is 362. The summed E-state index contributed by atoms with van der Waals surface area (Å²) in [6.07, 6.45) is 22.0. The largest absolute Gasteiger partial charge is 0.508 e. The molecule has 0 aliphatic carbocycles. The summed E-state index contributed by atoms with van der Waals surface area (Å²) in [6.45, 7) is 5.27. The Balaban J connectivity index is 3.28. The van der Waals surface area contributed by atoms with Crippen LogP contribution in [0, 0.1) is 0 Å². The van der Waals surface area contributed by atoms with E-state index in [0.717, 1.165) is 19.3 Å². The number of carbonyl (C=O) groups excluding carboxylic acids is 1. The monoisotopic (exact) mass is 444 g/mol. The number of hydrogen-bond acceptors (Lipinski definition) is 5. The van der Waals surface area contributed by atoms with Crippen LogP contribution in [0.3, 0.4) is 0 Å². The van der Waals surface area contributed by atoms with Crippen LogP contribution in [-0.2, 0) is 14.2 Å². The van der Waals surface area contributed by atoms with E-state index in [2.05, 4.69) is 6.92 Å². The third-order valence-corrected chi connectivity index (χ3v) is 5.63. The van der Waals surface area contributed by atoms with Crippen LogP contribution >= 0.6 is 0 Å². The van der Waals surface area contributed by atoms with Gasteiger partial charge in [-0.2, -0.15) is 0 Å². The maximum atomic E-state index is 11.5. The maximum Gasteiger partial charge on any atom is 0.508 e. The lowest BCUT2D eigenvalue weighted by Crippen LogP contribution is -2.28. The Morgan fingerprint density at radius 1 is 0.645 bits per heavy atom. The Kier molecular flexibility index (Phi) is 24.8. The van der Waals surface area contributed by atoms with Crippen molar-refractivity contribution in [3.05, 3.63) is 0 Å². The lowest BCUT2D eigenvalue weighted by atomic mass is 10.0. The molecule has 0 amide bonds. The molecule has 0 aromatic carbocycles. The second-order valence-electron chi connectivity index (χ2n) is 8.75. The van der Waals surface area contributed by atoms with Crippen molar-refractivity contribution in [1.82, 2.24) is 0 Å². The quantitative estimate of drug-likeness (QED) is 0.123. The van der Waals surface area contributed by atoms with E-state index in [0.29, 0.717) is 13.2 Å². The van der Waals surface area contributed by atoms with Crippen LogP contribution in [0.5, 0.6) is 0 Å². The van der Waals surface area contributed by atoms with Crippen LogP contribution in [0.4, 0.5) is 4.79 Å². The van der Waals surface area contributed by atoms with Gasteiger partial charge in [-0.15, -0.1) is 0 Å². The van der Waals surface area contributed by atoms with Gasteiger partial charge in [0, 0.05) is 6.61 Å². The van der Waals surface area contributed by atoms with Gasteiger partial charge in [0.05, 0.1) is 19.8 Å². The molecule has 0 rings (SSSR count). The molecule has 0 saturated heterocycles. The SMILES string of the molecule is CCCCCCCCCCCCCCCCCCOCC(CO)OC(=O)OCCCC. The molecule has 1 N–H and O–H groups in total. The number of carbonyl (C=O) groups is 1. The van der Waals surface area contributed by atoms with Crippen molar-refractivity contribution in [3.8, 4) is 0 Å². The van der Waals surface area contributed by atoms with Crippen molar-refractivity contribution < 1.29 is 24.1 Å². The van der Waals surface area contributed by atoms with Crippen LogP contribution in [0.2, 0.25) is 0 Å². The summed E-state index contributed by atoms with van der Waals surface area (Å²) in [7, 11) is 0. The van der Waals surface area contributed by atoms with Crippen LogP contribution < -0.4 is 0 Å². The average Bonchev–Trinajstić information content (AvgIpc) is 2.77. The molecular weight excluding hydrogens is 392 g/mol. The molecular formula is C26H52O5. The predicted molar refractivity (Wildman–Crippen MR) is 129 cm³/mol. The number of aliphatic hydroxyl groups excluding tert-OH is 1. The summed E-state index contributed by atoms with van der Waals surface area (Å²) >= 11 is 0. The second kappa shape index (κ2) is 25.5. The number of unbranched alkanes of at least 4 members (excludes halogenated alkanes) is 16. The number of hydrogen-bond donors (Lipinski definition) is 1. The summed E-state index contributed by atoms with van der Waals surface area (Å²) < 4.78 is 15.5. The Hall–Kier alpha value is -0.810. The van der Waals surface area contributed by atoms with Crippen molar-refractivity contribution in [3.63, 3.8) is 0 Å². The van der Waals surface area contributed by atoms with Gasteiger partial charge in [-0.05, 0) is 12.8 Å². The molecule has 0 radical (unpaired) electrons. The third-order valence-electron chi connectivity index (χ3n) is 5.63. The van der Waals surface area contributed by atoms with Gasteiger partial charge in [0.25, 0.3) is 0 Å². The summed E-state index contributed by atoms with van der Waals surface area (Å²) in [6, 6.07) is 0. The minimum atomic E-state index is -0.724. The molecule has 0 aliphatic heterocycles. The minimum Gasteiger partial charge on any atom is -0.434 e. The van der Waals surface area contributed by atoms with E-state index in [1.165, 1.54) is 96.3 Å². The first-order valence-electron chi connectivity index (χ1n) is 13.3. The Morgan fingerprint density at radius 3 is 1.55 bits per heavy atom. The topological polar surface area (TPSA) is 65.0 Å². The highest BCUT2D eigenvalue weighted by Crippen LogP contribution is 2.13. The van der Waals surface area contributed by atoms with Crippen molar-refractivity contribution in [1.29, 1.82) is 0 Å². The van der Waals surface area contributed by atoms with E-state index < -0.39 is 12.3 Å². The molecule has 186 valence electrons. The first kappa shape index (κ1) is 30.2. The molecule has 0 spiro atoms. The molecule has 0 aromatic rings. The van der Waals surface area contributed by atoms with E-state index in [9.17, 15) is 9.90 Å². The van der Waals surface area contributed by atoms with Crippen LogP contribution in [0.1, 0.15) is 129 Å². The van der Waals surface area contributed by atoms with Crippen molar-refractivity contribution in [2.24, 2.45) is 0 Å². The van der Waals surface area contributed by atoms with Gasteiger partial charge in [-0.25, -0.2) is 4.79 Å². The highest BCUT2D eigenvalue weighted by Gasteiger charge is 2.14. The third kappa shape index (κ3) is 23.7. The first-order chi connectivity index (χ1) is 15.2. The molecule has 5 heteroatoms. The summed E-state index contributed by atoms with van der Waals surface area (Å²) in [5, 5.41) is 9.28. The van der Waals surface area contributed by atoms with E-state index in [1.54, 1.807) is 0 Å². The van der Waals surface area contributed by atoms with Crippen molar-refractivity contribution in [2.75, 3.05) is 26.4 Å². The lowest BCUT2D eigenvalue weighted by molar-refractivity contribution is -0.0368. The van der Waals surface area contributed by atoms with Gasteiger partial charge in [0.2, 0.25) is 0 Å². The first-order valence-corrected chi connectivity index (χ1v) is 13.3. The van der Waals surface area contributed by atoms with Gasteiger partial charge in [-0.1, -0.05) is 117 Å². The molecule has 0 aromatic heterocycles. The van der Waals surface area contributed by atoms with E-state index in [1.807, 2.05) is 6.92 Å². The second-order valence-corrected chi connectivity index (χ2v) is 8.75. The van der Waals surface area contributed by atoms with E-state index >= 15 is 0 Å². The molecule has 5 nitrogen and oxygen atoms in total. The maximum absolute atomic E-state index is 11.5. The zero-order valence-corrected chi connectivity index (χ0v) is 20.7. The van der Waals surface area contributed by atoms with Crippen LogP contribution in [0.15, 0.2) is 0 Å².